The van der Waals surface area contributed by atoms with Gasteiger partial charge in [-0.2, -0.15) is 0 Å². The van der Waals surface area contributed by atoms with Crippen LogP contribution in [0.25, 0.3) is 11.5 Å². The van der Waals surface area contributed by atoms with Crippen molar-refractivity contribution in [3.63, 3.8) is 0 Å². The highest BCUT2D eigenvalue weighted by molar-refractivity contribution is 6.04. The van der Waals surface area contributed by atoms with E-state index in [9.17, 15) is 9.59 Å². The third-order valence-electron chi connectivity index (χ3n) is 4.18. The minimum atomic E-state index is -0.374. The van der Waals surface area contributed by atoms with Gasteiger partial charge in [0.2, 0.25) is 5.89 Å². The Morgan fingerprint density at radius 1 is 0.828 bits per heavy atom. The van der Waals surface area contributed by atoms with Crippen LogP contribution in [0.5, 0.6) is 0 Å². The number of carbonyl (C=O) groups is 2. The van der Waals surface area contributed by atoms with Crippen LogP contribution in [-0.2, 0) is 0 Å². The largest absolute Gasteiger partial charge is 0.459 e. The van der Waals surface area contributed by atoms with Gasteiger partial charge in [0.1, 0.15) is 5.76 Å². The number of aromatic nitrogens is 1. The second-order valence-corrected chi connectivity index (χ2v) is 6.25. The molecule has 0 unspecified atom stereocenters. The molecule has 2 N–H and O–H groups in total. The van der Waals surface area contributed by atoms with Crippen LogP contribution in [0.3, 0.4) is 0 Å². The number of rotatable bonds is 5. The Morgan fingerprint density at radius 3 is 2.10 bits per heavy atom. The van der Waals surface area contributed by atoms with E-state index < -0.39 is 0 Å². The van der Waals surface area contributed by atoms with Gasteiger partial charge in [-0.1, -0.05) is 18.2 Å². The van der Waals surface area contributed by atoms with Gasteiger partial charge in [-0.3, -0.25) is 9.59 Å². The zero-order valence-corrected chi connectivity index (χ0v) is 15.5. The molecule has 0 saturated carbocycles. The van der Waals surface area contributed by atoms with Crippen LogP contribution < -0.4 is 10.6 Å². The summed E-state index contributed by atoms with van der Waals surface area (Å²) >= 11 is 0. The van der Waals surface area contributed by atoms with E-state index in [1.165, 1.54) is 6.26 Å². The molecule has 0 aliphatic carbocycles. The predicted molar refractivity (Wildman–Crippen MR) is 108 cm³/mol. The average Bonchev–Trinajstić information content (AvgIpc) is 3.40. The molecule has 144 valence electrons. The summed E-state index contributed by atoms with van der Waals surface area (Å²) in [6.45, 7) is 1.70. The molecule has 0 fully saturated rings. The van der Waals surface area contributed by atoms with Crippen molar-refractivity contribution < 1.29 is 18.4 Å². The van der Waals surface area contributed by atoms with E-state index in [0.29, 0.717) is 23.0 Å². The summed E-state index contributed by atoms with van der Waals surface area (Å²) in [5.74, 6) is 0.324. The van der Waals surface area contributed by atoms with Crippen LogP contribution in [-0.4, -0.2) is 16.8 Å². The molecular formula is C22H17N3O4. The van der Waals surface area contributed by atoms with E-state index in [1.807, 2.05) is 30.3 Å². The lowest BCUT2D eigenvalue weighted by Gasteiger charge is -2.06. The molecule has 0 bridgehead atoms. The monoisotopic (exact) mass is 387 g/mol. The van der Waals surface area contributed by atoms with Gasteiger partial charge in [0.25, 0.3) is 11.8 Å². The lowest BCUT2D eigenvalue weighted by Crippen LogP contribution is -2.14. The number of oxazole rings is 1. The number of aryl methyl sites for hydroxylation is 1. The van der Waals surface area contributed by atoms with Gasteiger partial charge in [-0.15, -0.1) is 0 Å². The van der Waals surface area contributed by atoms with Crippen LogP contribution in [0.4, 0.5) is 11.4 Å². The van der Waals surface area contributed by atoms with E-state index in [2.05, 4.69) is 15.6 Å². The smallest absolute Gasteiger partial charge is 0.291 e. The van der Waals surface area contributed by atoms with Crippen molar-refractivity contribution in [2.45, 2.75) is 6.92 Å². The highest BCUT2D eigenvalue weighted by atomic mass is 16.4. The molecule has 0 spiro atoms. The van der Waals surface area contributed by atoms with Crippen molar-refractivity contribution in [2.75, 3.05) is 10.6 Å². The molecule has 0 saturated heterocycles. The number of nitrogens with one attached hydrogen (secondary N) is 2. The standard InChI is InChI=1S/C22H17N3O4/c1-14-19(25-22(29-14)15-6-3-2-4-7-15)21(27)24-17-11-9-16(10-12-17)23-20(26)18-8-5-13-28-18/h2-13H,1H3,(H,23,26)(H,24,27). The Hall–Kier alpha value is -4.13. The molecule has 2 heterocycles. The van der Waals surface area contributed by atoms with Crippen LogP contribution in [0, 0.1) is 6.92 Å². The number of furan rings is 1. The Balaban J connectivity index is 1.44. The molecule has 29 heavy (non-hydrogen) atoms. The molecule has 4 rings (SSSR count). The summed E-state index contributed by atoms with van der Waals surface area (Å²) < 4.78 is 10.7. The molecule has 0 radical (unpaired) electrons. The summed E-state index contributed by atoms with van der Waals surface area (Å²) in [4.78, 5) is 28.9. The Morgan fingerprint density at radius 2 is 1.48 bits per heavy atom. The minimum absolute atomic E-state index is 0.220. The third-order valence-corrected chi connectivity index (χ3v) is 4.18. The van der Waals surface area contributed by atoms with Crippen molar-refractivity contribution in [1.29, 1.82) is 0 Å². The first kappa shape index (κ1) is 18.2. The summed E-state index contributed by atoms with van der Waals surface area (Å²) in [6, 6.07) is 19.3. The second-order valence-electron chi connectivity index (χ2n) is 6.25. The van der Waals surface area contributed by atoms with Gasteiger partial charge in [0, 0.05) is 16.9 Å². The topological polar surface area (TPSA) is 97.4 Å². The van der Waals surface area contributed by atoms with Crippen molar-refractivity contribution in [1.82, 2.24) is 4.98 Å². The first-order chi connectivity index (χ1) is 14.1. The SMILES string of the molecule is Cc1oc(-c2ccccc2)nc1C(=O)Nc1ccc(NC(=O)c2ccco2)cc1. The van der Waals surface area contributed by atoms with E-state index in [4.69, 9.17) is 8.83 Å². The maximum atomic E-state index is 12.6. The lowest BCUT2D eigenvalue weighted by atomic mass is 10.2. The predicted octanol–water partition coefficient (Wildman–Crippen LogP) is 4.75. The lowest BCUT2D eigenvalue weighted by molar-refractivity contribution is 0.0994. The normalized spacial score (nSPS) is 10.5. The quantitative estimate of drug-likeness (QED) is 0.515. The summed E-state index contributed by atoms with van der Waals surface area (Å²) in [5, 5.41) is 5.49. The fraction of sp³-hybridized carbons (Fsp3) is 0.0455. The first-order valence-corrected chi connectivity index (χ1v) is 8.89. The van der Waals surface area contributed by atoms with Crippen LogP contribution in [0.15, 0.2) is 81.8 Å². The Labute approximate surface area is 166 Å². The van der Waals surface area contributed by atoms with Crippen LogP contribution in [0.1, 0.15) is 26.8 Å². The number of nitrogens with zero attached hydrogens (tertiary/aromatic N) is 1. The van der Waals surface area contributed by atoms with Crippen LogP contribution >= 0.6 is 0 Å². The maximum absolute atomic E-state index is 12.6. The fourth-order valence-electron chi connectivity index (χ4n) is 2.74. The van der Waals surface area contributed by atoms with Gasteiger partial charge in [0.15, 0.2) is 11.5 Å². The summed E-state index contributed by atoms with van der Waals surface area (Å²) in [6.07, 6.45) is 1.43. The number of hydrogen-bond acceptors (Lipinski definition) is 5. The number of amides is 2. The van der Waals surface area contributed by atoms with E-state index in [-0.39, 0.29) is 23.3 Å². The summed E-state index contributed by atoms with van der Waals surface area (Å²) in [5.41, 5.74) is 2.16. The van der Waals surface area contributed by atoms with Gasteiger partial charge in [-0.05, 0) is 55.5 Å². The molecule has 2 aromatic carbocycles. The highest BCUT2D eigenvalue weighted by Gasteiger charge is 2.18. The highest BCUT2D eigenvalue weighted by Crippen LogP contribution is 2.22. The van der Waals surface area contributed by atoms with Crippen molar-refractivity contribution in [3.05, 3.63) is 90.2 Å². The van der Waals surface area contributed by atoms with Gasteiger partial charge < -0.3 is 19.5 Å². The van der Waals surface area contributed by atoms with Crippen LogP contribution in [0.2, 0.25) is 0 Å². The van der Waals surface area contributed by atoms with Crippen molar-refractivity contribution in [3.8, 4) is 11.5 Å². The molecule has 2 aromatic heterocycles. The van der Waals surface area contributed by atoms with Crippen molar-refractivity contribution >= 4 is 23.2 Å². The first-order valence-electron chi connectivity index (χ1n) is 8.89. The fourth-order valence-corrected chi connectivity index (χ4v) is 2.74. The van der Waals surface area contributed by atoms with E-state index >= 15 is 0 Å². The molecule has 0 aliphatic rings. The third kappa shape index (κ3) is 4.08. The molecule has 0 aliphatic heterocycles. The molecular weight excluding hydrogens is 370 g/mol. The van der Waals surface area contributed by atoms with Gasteiger partial charge in [0.05, 0.1) is 6.26 Å². The Bertz CT molecular complexity index is 1130. The molecule has 4 aromatic rings. The van der Waals surface area contributed by atoms with Crippen molar-refractivity contribution in [2.24, 2.45) is 0 Å². The van der Waals surface area contributed by atoms with Gasteiger partial charge in [-0.25, -0.2) is 4.98 Å². The average molecular weight is 387 g/mol. The zero-order valence-electron chi connectivity index (χ0n) is 15.5. The maximum Gasteiger partial charge on any atom is 0.291 e. The molecule has 7 nitrogen and oxygen atoms in total. The molecule has 7 heteroatoms. The van der Waals surface area contributed by atoms with E-state index in [1.54, 1.807) is 43.3 Å². The summed E-state index contributed by atoms with van der Waals surface area (Å²) in [7, 11) is 0. The number of hydrogen-bond donors (Lipinski definition) is 2. The van der Waals surface area contributed by atoms with E-state index in [0.717, 1.165) is 5.56 Å². The number of benzene rings is 2. The van der Waals surface area contributed by atoms with Gasteiger partial charge >= 0.3 is 0 Å². The second kappa shape index (κ2) is 7.85. The minimum Gasteiger partial charge on any atom is -0.459 e. The molecule has 2 amide bonds. The Kier molecular flexibility index (Phi) is 4.94. The number of carbonyl (C=O) groups excluding carboxylic acids is 2. The molecule has 0 atom stereocenters. The number of anilines is 2. The zero-order chi connectivity index (χ0) is 20.2.